The standard InChI is InChI=1S/C20H19BrN4O4S/c21-13-3-4-16(23-27)18(9-13)30-25-17-8-12(11-1-2-11)7-15(19(17)24-28)20(26)22-14-5-6-29-10-14/h3-4,7-9,11,14,25H,1-2,5-6,10H2,(H,22,26). The third-order valence-corrected chi connectivity index (χ3v) is 6.44. The van der Waals surface area contributed by atoms with Crippen LogP contribution < -0.4 is 10.0 Å². The van der Waals surface area contributed by atoms with Crippen molar-refractivity contribution in [3.63, 3.8) is 0 Å². The Morgan fingerprint density at radius 1 is 1.13 bits per heavy atom. The van der Waals surface area contributed by atoms with E-state index in [1.165, 1.54) is 0 Å². The van der Waals surface area contributed by atoms with E-state index in [4.69, 9.17) is 4.74 Å². The number of carbonyl (C=O) groups is 1. The molecule has 2 aromatic carbocycles. The van der Waals surface area contributed by atoms with Crippen LogP contribution in [0.15, 0.2) is 50.1 Å². The Labute approximate surface area is 185 Å². The van der Waals surface area contributed by atoms with Crippen LogP contribution in [-0.4, -0.2) is 25.2 Å². The second-order valence-corrected chi connectivity index (χ2v) is 9.04. The number of benzene rings is 2. The highest BCUT2D eigenvalue weighted by Gasteiger charge is 2.28. The van der Waals surface area contributed by atoms with Crippen LogP contribution >= 0.6 is 27.9 Å². The molecule has 2 aromatic rings. The number of carbonyl (C=O) groups excluding carboxylic acids is 1. The van der Waals surface area contributed by atoms with Gasteiger partial charge in [-0.1, -0.05) is 15.9 Å². The molecule has 2 fully saturated rings. The molecule has 1 heterocycles. The van der Waals surface area contributed by atoms with Gasteiger partial charge in [0.1, 0.15) is 11.4 Å². The van der Waals surface area contributed by atoms with Gasteiger partial charge in [-0.3, -0.25) is 4.79 Å². The predicted octanol–water partition coefficient (Wildman–Crippen LogP) is 5.76. The monoisotopic (exact) mass is 490 g/mol. The number of amides is 1. The van der Waals surface area contributed by atoms with Gasteiger partial charge in [0.2, 0.25) is 0 Å². The summed E-state index contributed by atoms with van der Waals surface area (Å²) in [5.74, 6) is 0.0315. The number of hydrogen-bond acceptors (Lipinski definition) is 8. The zero-order valence-corrected chi connectivity index (χ0v) is 18.3. The van der Waals surface area contributed by atoms with Crippen molar-refractivity contribution in [2.45, 2.75) is 36.1 Å². The Morgan fingerprint density at radius 2 is 1.97 bits per heavy atom. The van der Waals surface area contributed by atoms with Crippen molar-refractivity contribution < 1.29 is 9.53 Å². The molecule has 156 valence electrons. The molecule has 1 saturated heterocycles. The first-order chi connectivity index (χ1) is 14.6. The van der Waals surface area contributed by atoms with Crippen LogP contribution in [-0.2, 0) is 4.74 Å². The number of halogens is 1. The quantitative estimate of drug-likeness (QED) is 0.359. The van der Waals surface area contributed by atoms with Crippen molar-refractivity contribution in [2.24, 2.45) is 10.4 Å². The fourth-order valence-electron chi connectivity index (χ4n) is 3.32. The molecule has 10 heteroatoms. The van der Waals surface area contributed by atoms with Crippen LogP contribution in [0.3, 0.4) is 0 Å². The van der Waals surface area contributed by atoms with Gasteiger partial charge in [0.15, 0.2) is 0 Å². The molecule has 0 radical (unpaired) electrons. The summed E-state index contributed by atoms with van der Waals surface area (Å²) in [5.41, 5.74) is 1.98. The van der Waals surface area contributed by atoms with Crippen molar-refractivity contribution in [1.82, 2.24) is 5.32 Å². The molecule has 0 aromatic heterocycles. The molecule has 1 aliphatic carbocycles. The number of anilines is 1. The molecule has 4 rings (SSSR count). The summed E-state index contributed by atoms with van der Waals surface area (Å²) in [6.07, 6.45) is 2.83. The predicted molar refractivity (Wildman–Crippen MR) is 120 cm³/mol. The lowest BCUT2D eigenvalue weighted by Crippen LogP contribution is -2.35. The van der Waals surface area contributed by atoms with Gasteiger partial charge in [-0.25, -0.2) is 0 Å². The topological polar surface area (TPSA) is 109 Å². The highest BCUT2D eigenvalue weighted by molar-refractivity contribution is 9.10. The summed E-state index contributed by atoms with van der Waals surface area (Å²) in [6.45, 7) is 1.07. The van der Waals surface area contributed by atoms with E-state index in [1.807, 2.05) is 6.07 Å². The summed E-state index contributed by atoms with van der Waals surface area (Å²) in [5, 5.41) is 9.10. The highest BCUT2D eigenvalue weighted by Crippen LogP contribution is 2.45. The third kappa shape index (κ3) is 4.71. The minimum atomic E-state index is -0.339. The van der Waals surface area contributed by atoms with E-state index in [0.29, 0.717) is 29.7 Å². The molecule has 2 aliphatic rings. The fourth-order valence-corrected chi connectivity index (χ4v) is 4.61. The summed E-state index contributed by atoms with van der Waals surface area (Å²) in [6, 6.07) is 8.61. The van der Waals surface area contributed by atoms with Gasteiger partial charge < -0.3 is 14.8 Å². The van der Waals surface area contributed by atoms with Gasteiger partial charge in [0.25, 0.3) is 5.91 Å². The first-order valence-electron chi connectivity index (χ1n) is 9.54. The van der Waals surface area contributed by atoms with E-state index < -0.39 is 0 Å². The van der Waals surface area contributed by atoms with Gasteiger partial charge in [0.05, 0.1) is 28.8 Å². The Morgan fingerprint density at radius 3 is 2.63 bits per heavy atom. The first-order valence-corrected chi connectivity index (χ1v) is 11.2. The van der Waals surface area contributed by atoms with E-state index in [0.717, 1.165) is 41.2 Å². The van der Waals surface area contributed by atoms with Crippen molar-refractivity contribution in [3.8, 4) is 0 Å². The molecule has 0 bridgehead atoms. The van der Waals surface area contributed by atoms with Gasteiger partial charge in [0, 0.05) is 11.1 Å². The maximum atomic E-state index is 12.9. The van der Waals surface area contributed by atoms with Crippen LogP contribution in [0.1, 0.15) is 41.1 Å². The largest absolute Gasteiger partial charge is 0.379 e. The number of rotatable bonds is 8. The lowest BCUT2D eigenvalue weighted by molar-refractivity contribution is 0.0930. The zero-order chi connectivity index (χ0) is 21.1. The molecule has 8 nitrogen and oxygen atoms in total. The van der Waals surface area contributed by atoms with Crippen molar-refractivity contribution in [2.75, 3.05) is 17.9 Å². The fraction of sp³-hybridized carbons (Fsp3) is 0.350. The summed E-state index contributed by atoms with van der Waals surface area (Å²) in [4.78, 5) is 36.3. The Hall–Kier alpha value is -2.30. The Balaban J connectivity index is 1.64. The van der Waals surface area contributed by atoms with Crippen molar-refractivity contribution >= 4 is 50.8 Å². The Bertz CT molecular complexity index is 993. The number of nitroso groups, excluding NO2 is 2. The molecule has 30 heavy (non-hydrogen) atoms. The summed E-state index contributed by atoms with van der Waals surface area (Å²) >= 11 is 4.51. The van der Waals surface area contributed by atoms with Crippen molar-refractivity contribution in [3.05, 3.63) is 55.7 Å². The van der Waals surface area contributed by atoms with E-state index in [-0.39, 0.29) is 28.9 Å². The van der Waals surface area contributed by atoms with Crippen LogP contribution in [0, 0.1) is 9.81 Å². The van der Waals surface area contributed by atoms with Gasteiger partial charge in [-0.15, -0.1) is 9.81 Å². The zero-order valence-electron chi connectivity index (χ0n) is 15.9. The molecular weight excluding hydrogens is 472 g/mol. The Kier molecular flexibility index (Phi) is 6.45. The molecule has 1 atom stereocenters. The number of nitrogens with one attached hydrogen (secondary N) is 2. The van der Waals surface area contributed by atoms with Gasteiger partial charge >= 0.3 is 0 Å². The number of nitrogens with zero attached hydrogens (tertiary/aromatic N) is 2. The normalized spacial score (nSPS) is 18.1. The van der Waals surface area contributed by atoms with E-state index >= 15 is 0 Å². The molecule has 2 N–H and O–H groups in total. The van der Waals surface area contributed by atoms with E-state index in [2.05, 4.69) is 36.3 Å². The van der Waals surface area contributed by atoms with Gasteiger partial charge in [-0.05, 0) is 83.4 Å². The molecule has 1 amide bonds. The third-order valence-electron chi connectivity index (χ3n) is 5.07. The maximum absolute atomic E-state index is 12.9. The number of hydrogen-bond donors (Lipinski definition) is 2. The van der Waals surface area contributed by atoms with E-state index in [1.54, 1.807) is 24.3 Å². The van der Waals surface area contributed by atoms with Crippen LogP contribution in [0.5, 0.6) is 0 Å². The van der Waals surface area contributed by atoms with Crippen LogP contribution in [0.4, 0.5) is 17.1 Å². The number of ether oxygens (including phenoxy) is 1. The van der Waals surface area contributed by atoms with Gasteiger partial charge in [-0.2, -0.15) is 0 Å². The minimum absolute atomic E-state index is 0.0407. The second kappa shape index (κ2) is 9.23. The maximum Gasteiger partial charge on any atom is 0.253 e. The van der Waals surface area contributed by atoms with Crippen LogP contribution in [0.2, 0.25) is 0 Å². The molecule has 1 saturated carbocycles. The SMILES string of the molecule is O=Nc1ccc(Br)cc1SNc1cc(C2CC2)cc(C(=O)NC2CCOC2)c1N=O. The van der Waals surface area contributed by atoms with E-state index in [9.17, 15) is 14.6 Å². The molecule has 1 unspecified atom stereocenters. The molecular formula is C20H19BrN4O4S. The van der Waals surface area contributed by atoms with Crippen molar-refractivity contribution in [1.29, 1.82) is 0 Å². The lowest BCUT2D eigenvalue weighted by atomic mass is 10.0. The minimum Gasteiger partial charge on any atom is -0.379 e. The lowest BCUT2D eigenvalue weighted by Gasteiger charge is -2.16. The summed E-state index contributed by atoms with van der Waals surface area (Å²) in [7, 11) is 0. The average molecular weight is 491 g/mol. The van der Waals surface area contributed by atoms with Crippen LogP contribution in [0.25, 0.3) is 0 Å². The second-order valence-electron chi connectivity index (χ2n) is 7.27. The smallest absolute Gasteiger partial charge is 0.253 e. The first kappa shape index (κ1) is 21.0. The average Bonchev–Trinajstić information content (AvgIpc) is 3.48. The molecule has 0 spiro atoms. The highest BCUT2D eigenvalue weighted by atomic mass is 79.9. The molecule has 1 aliphatic heterocycles. The summed E-state index contributed by atoms with van der Waals surface area (Å²) < 4.78 is 9.19.